The monoisotopic (exact) mass is 277 g/mol. The zero-order valence-corrected chi connectivity index (χ0v) is 10.8. The Morgan fingerprint density at radius 2 is 2.20 bits per heavy atom. The van der Waals surface area contributed by atoms with Gasteiger partial charge in [0, 0.05) is 0 Å². The summed E-state index contributed by atoms with van der Waals surface area (Å²) < 4.78 is 0. The predicted octanol–water partition coefficient (Wildman–Crippen LogP) is 1.40. The number of nitrogens with zero attached hydrogens (tertiary/aromatic N) is 2. The van der Waals surface area contributed by atoms with Gasteiger partial charge in [0.1, 0.15) is 17.6 Å². The molecule has 1 fully saturated rings. The van der Waals surface area contributed by atoms with Crippen molar-refractivity contribution >= 4 is 23.9 Å². The molecule has 1 saturated carbocycles. The first-order valence-corrected chi connectivity index (χ1v) is 6.35. The van der Waals surface area contributed by atoms with Crippen molar-refractivity contribution in [1.82, 2.24) is 4.98 Å². The van der Waals surface area contributed by atoms with Crippen molar-refractivity contribution in [3.05, 3.63) is 23.9 Å². The molecule has 1 aliphatic carbocycles. The lowest BCUT2D eigenvalue weighted by Crippen LogP contribution is -2.18. The number of anilines is 1. The van der Waals surface area contributed by atoms with E-state index >= 15 is 0 Å². The maximum atomic E-state index is 11.2. The number of carbonyl (C=O) groups excluding carboxylic acids is 1. The smallest absolute Gasteiger partial charge is 0.360 e. The van der Waals surface area contributed by atoms with Gasteiger partial charge in [0.05, 0.1) is 0 Å². The number of aliphatic carboxylic acids is 1. The lowest BCUT2D eigenvalue weighted by molar-refractivity contribution is -0.129. The van der Waals surface area contributed by atoms with E-state index in [1.54, 1.807) is 12.1 Å². The SMILES string of the molecule is O=CNc1cccc(/C(=N/OC2CCCC2)C(=O)O)n1. The van der Waals surface area contributed by atoms with E-state index in [0.29, 0.717) is 6.41 Å². The Balaban J connectivity index is 2.18. The van der Waals surface area contributed by atoms with Crippen LogP contribution < -0.4 is 5.32 Å². The summed E-state index contributed by atoms with van der Waals surface area (Å²) >= 11 is 0. The normalized spacial score (nSPS) is 15.9. The molecule has 0 spiro atoms. The zero-order chi connectivity index (χ0) is 14.4. The molecule has 1 aromatic rings. The second-order valence-electron chi connectivity index (χ2n) is 4.43. The van der Waals surface area contributed by atoms with Crippen molar-refractivity contribution in [1.29, 1.82) is 0 Å². The minimum atomic E-state index is -1.22. The number of amides is 1. The highest BCUT2D eigenvalue weighted by molar-refractivity contribution is 6.41. The first-order chi connectivity index (χ1) is 9.70. The highest BCUT2D eigenvalue weighted by Gasteiger charge is 2.20. The number of rotatable bonds is 6. The zero-order valence-electron chi connectivity index (χ0n) is 10.8. The van der Waals surface area contributed by atoms with E-state index in [-0.39, 0.29) is 23.3 Å². The molecule has 7 heteroatoms. The van der Waals surface area contributed by atoms with Crippen LogP contribution in [0.4, 0.5) is 5.82 Å². The number of oxime groups is 1. The molecule has 20 heavy (non-hydrogen) atoms. The number of carboxylic acids is 1. The van der Waals surface area contributed by atoms with E-state index in [4.69, 9.17) is 4.84 Å². The summed E-state index contributed by atoms with van der Waals surface area (Å²) in [5.74, 6) is -0.967. The Hall–Kier alpha value is -2.44. The summed E-state index contributed by atoms with van der Waals surface area (Å²) in [6.07, 6.45) is 4.35. The molecule has 0 aromatic carbocycles. The van der Waals surface area contributed by atoms with E-state index in [2.05, 4.69) is 15.5 Å². The molecule has 0 saturated heterocycles. The van der Waals surface area contributed by atoms with Crippen molar-refractivity contribution in [3.63, 3.8) is 0 Å². The molecule has 7 nitrogen and oxygen atoms in total. The number of hydrogen-bond donors (Lipinski definition) is 2. The van der Waals surface area contributed by atoms with Gasteiger partial charge in [0.2, 0.25) is 12.1 Å². The topological polar surface area (TPSA) is 101 Å². The van der Waals surface area contributed by atoms with Crippen molar-refractivity contribution < 1.29 is 19.5 Å². The first-order valence-electron chi connectivity index (χ1n) is 6.35. The molecule has 1 aromatic heterocycles. The van der Waals surface area contributed by atoms with Gasteiger partial charge >= 0.3 is 5.97 Å². The van der Waals surface area contributed by atoms with E-state index in [0.717, 1.165) is 25.7 Å². The molecule has 0 atom stereocenters. The number of hydrogen-bond acceptors (Lipinski definition) is 5. The summed E-state index contributed by atoms with van der Waals surface area (Å²) in [5, 5.41) is 15.3. The fourth-order valence-electron chi connectivity index (χ4n) is 2.02. The van der Waals surface area contributed by atoms with Crippen LogP contribution in [0.1, 0.15) is 31.4 Å². The van der Waals surface area contributed by atoms with Crippen molar-refractivity contribution in [2.75, 3.05) is 5.32 Å². The third kappa shape index (κ3) is 3.53. The number of aromatic nitrogens is 1. The van der Waals surface area contributed by atoms with E-state index in [1.165, 1.54) is 6.07 Å². The molecule has 0 aliphatic heterocycles. The Morgan fingerprint density at radius 3 is 2.85 bits per heavy atom. The van der Waals surface area contributed by atoms with Crippen molar-refractivity contribution in [2.24, 2.45) is 5.16 Å². The molecule has 0 bridgehead atoms. The maximum Gasteiger partial charge on any atom is 0.360 e. The summed E-state index contributed by atoms with van der Waals surface area (Å²) in [5.41, 5.74) is -0.131. The van der Waals surface area contributed by atoms with E-state index in [9.17, 15) is 14.7 Å². The fraction of sp³-hybridized carbons (Fsp3) is 0.385. The van der Waals surface area contributed by atoms with Crippen LogP contribution >= 0.6 is 0 Å². The Labute approximate surface area is 115 Å². The van der Waals surface area contributed by atoms with Gasteiger partial charge in [-0.3, -0.25) is 4.79 Å². The van der Waals surface area contributed by atoms with Crippen LogP contribution in [0.25, 0.3) is 0 Å². The van der Waals surface area contributed by atoms with Crippen LogP contribution in [0.2, 0.25) is 0 Å². The number of pyridine rings is 1. The third-order valence-corrected chi connectivity index (χ3v) is 3.00. The predicted molar refractivity (Wildman–Crippen MR) is 71.4 cm³/mol. The first kappa shape index (κ1) is 14.0. The average molecular weight is 277 g/mol. The molecular weight excluding hydrogens is 262 g/mol. The van der Waals surface area contributed by atoms with Crippen molar-refractivity contribution in [3.8, 4) is 0 Å². The standard InChI is InChI=1S/C13H15N3O4/c17-8-14-11-7-3-6-10(15-11)12(13(18)19)16-20-9-4-1-2-5-9/h3,6-9H,1-2,4-5H2,(H,18,19)(H,14,15,17)/b16-12-. The summed E-state index contributed by atoms with van der Waals surface area (Å²) in [7, 11) is 0. The molecule has 1 amide bonds. The summed E-state index contributed by atoms with van der Waals surface area (Å²) in [6, 6.07) is 4.64. The molecule has 2 rings (SSSR count). The number of nitrogens with one attached hydrogen (secondary N) is 1. The maximum absolute atomic E-state index is 11.2. The quantitative estimate of drug-likeness (QED) is 0.465. The van der Waals surface area contributed by atoms with Gasteiger partial charge in [0.25, 0.3) is 0 Å². The van der Waals surface area contributed by atoms with Crippen LogP contribution in [0, 0.1) is 0 Å². The fourth-order valence-corrected chi connectivity index (χ4v) is 2.02. The molecule has 1 aliphatic rings. The van der Waals surface area contributed by atoms with Gasteiger partial charge in [-0.1, -0.05) is 11.2 Å². The Kier molecular flexibility index (Phi) is 4.65. The minimum absolute atomic E-state index is 0.0272. The van der Waals surface area contributed by atoms with Gasteiger partial charge in [-0.05, 0) is 37.8 Å². The Morgan fingerprint density at radius 1 is 1.45 bits per heavy atom. The Bertz CT molecular complexity index is 524. The number of carbonyl (C=O) groups is 2. The minimum Gasteiger partial charge on any atom is -0.476 e. The van der Waals surface area contributed by atoms with Crippen LogP contribution in [-0.4, -0.2) is 34.3 Å². The lowest BCUT2D eigenvalue weighted by Gasteiger charge is -2.08. The summed E-state index contributed by atoms with van der Waals surface area (Å²) in [6.45, 7) is 0. The number of carboxylic acid groups (broad SMARTS) is 1. The second kappa shape index (κ2) is 6.65. The van der Waals surface area contributed by atoms with Crippen LogP contribution in [-0.2, 0) is 14.4 Å². The average Bonchev–Trinajstić information content (AvgIpc) is 2.93. The highest BCUT2D eigenvalue weighted by atomic mass is 16.6. The van der Waals surface area contributed by atoms with Crippen LogP contribution in [0.3, 0.4) is 0 Å². The molecule has 2 N–H and O–H groups in total. The summed E-state index contributed by atoms with van der Waals surface area (Å²) in [4.78, 5) is 30.9. The van der Waals surface area contributed by atoms with Gasteiger partial charge in [-0.15, -0.1) is 0 Å². The highest BCUT2D eigenvalue weighted by Crippen LogP contribution is 2.21. The third-order valence-electron chi connectivity index (χ3n) is 3.00. The van der Waals surface area contributed by atoms with Crippen LogP contribution in [0.15, 0.2) is 23.4 Å². The molecule has 0 radical (unpaired) electrons. The van der Waals surface area contributed by atoms with Crippen molar-refractivity contribution in [2.45, 2.75) is 31.8 Å². The van der Waals surface area contributed by atoms with Gasteiger partial charge < -0.3 is 15.3 Å². The van der Waals surface area contributed by atoms with E-state index in [1.807, 2.05) is 0 Å². The lowest BCUT2D eigenvalue weighted by atomic mass is 10.2. The van der Waals surface area contributed by atoms with Gasteiger partial charge in [-0.2, -0.15) is 0 Å². The van der Waals surface area contributed by atoms with Gasteiger partial charge in [-0.25, -0.2) is 9.78 Å². The van der Waals surface area contributed by atoms with Gasteiger partial charge in [0.15, 0.2) is 0 Å². The largest absolute Gasteiger partial charge is 0.476 e. The second-order valence-corrected chi connectivity index (χ2v) is 4.43. The van der Waals surface area contributed by atoms with Crippen LogP contribution in [0.5, 0.6) is 0 Å². The van der Waals surface area contributed by atoms with E-state index < -0.39 is 5.97 Å². The molecule has 106 valence electrons. The molecular formula is C13H15N3O4. The molecule has 1 heterocycles. The molecule has 0 unspecified atom stereocenters.